The van der Waals surface area contributed by atoms with Crippen molar-refractivity contribution < 1.29 is 4.74 Å². The van der Waals surface area contributed by atoms with E-state index >= 15 is 0 Å². The molecule has 0 saturated carbocycles. The molecule has 1 aliphatic rings. The number of epoxide rings is 1. The molecule has 9 heavy (non-hydrogen) atoms. The quantitative estimate of drug-likeness (QED) is 0.408. The maximum Gasteiger partial charge on any atom is 0.0873 e. The van der Waals surface area contributed by atoms with Crippen LogP contribution in [0.1, 0.15) is 27.2 Å². The molecule has 1 heteroatoms. The fraction of sp³-hybridized carbons (Fsp3) is 0.750. The number of hydrogen-bond acceptors (Lipinski definition) is 1. The number of rotatable bonds is 2. The Bertz CT molecular complexity index is 123. The van der Waals surface area contributed by atoms with E-state index in [1.54, 1.807) is 0 Å². The Balaban J connectivity index is 2.14. The van der Waals surface area contributed by atoms with Crippen LogP contribution >= 0.6 is 0 Å². The van der Waals surface area contributed by atoms with Crippen LogP contribution in [0.3, 0.4) is 0 Å². The third-order valence-corrected chi connectivity index (χ3v) is 1.59. The Kier molecular flexibility index (Phi) is 1.91. The lowest BCUT2D eigenvalue weighted by atomic mass is 10.2. The van der Waals surface area contributed by atoms with Crippen molar-refractivity contribution in [2.24, 2.45) is 0 Å². The summed E-state index contributed by atoms with van der Waals surface area (Å²) < 4.78 is 5.22. The van der Waals surface area contributed by atoms with Crippen molar-refractivity contribution in [2.75, 3.05) is 0 Å². The van der Waals surface area contributed by atoms with Gasteiger partial charge in [0, 0.05) is 0 Å². The van der Waals surface area contributed by atoms with E-state index in [2.05, 4.69) is 26.8 Å². The van der Waals surface area contributed by atoms with Crippen molar-refractivity contribution in [3.05, 3.63) is 11.6 Å². The summed E-state index contributed by atoms with van der Waals surface area (Å²) in [4.78, 5) is 0. The second-order valence-electron chi connectivity index (χ2n) is 2.90. The minimum atomic E-state index is 0.514. The Morgan fingerprint density at radius 3 is 2.44 bits per heavy atom. The van der Waals surface area contributed by atoms with Gasteiger partial charge < -0.3 is 4.74 Å². The first-order chi connectivity index (χ1) is 4.20. The second kappa shape index (κ2) is 2.53. The van der Waals surface area contributed by atoms with Crippen LogP contribution in [0.2, 0.25) is 0 Å². The lowest BCUT2D eigenvalue weighted by Gasteiger charge is -1.86. The highest BCUT2D eigenvalue weighted by Crippen LogP contribution is 2.24. The van der Waals surface area contributed by atoms with Crippen molar-refractivity contribution in [3.8, 4) is 0 Å². The summed E-state index contributed by atoms with van der Waals surface area (Å²) in [5, 5.41) is 0. The fourth-order valence-electron chi connectivity index (χ4n) is 0.829. The number of allylic oxidation sites excluding steroid dienone is 1. The van der Waals surface area contributed by atoms with Crippen molar-refractivity contribution in [3.63, 3.8) is 0 Å². The molecular formula is C8H14O. The molecule has 1 rings (SSSR count). The molecule has 2 atom stereocenters. The highest BCUT2D eigenvalue weighted by atomic mass is 16.6. The molecule has 0 bridgehead atoms. The van der Waals surface area contributed by atoms with Gasteiger partial charge in [-0.05, 0) is 27.2 Å². The van der Waals surface area contributed by atoms with Gasteiger partial charge in [-0.3, -0.25) is 0 Å². The van der Waals surface area contributed by atoms with E-state index in [9.17, 15) is 0 Å². The molecule has 0 aliphatic carbocycles. The average molecular weight is 126 g/mol. The lowest BCUT2D eigenvalue weighted by molar-refractivity contribution is 0.379. The molecule has 1 fully saturated rings. The van der Waals surface area contributed by atoms with E-state index in [1.165, 1.54) is 5.57 Å². The maximum atomic E-state index is 5.22. The maximum absolute atomic E-state index is 5.22. The summed E-state index contributed by atoms with van der Waals surface area (Å²) >= 11 is 0. The first-order valence-electron chi connectivity index (χ1n) is 3.49. The van der Waals surface area contributed by atoms with E-state index in [-0.39, 0.29) is 0 Å². The van der Waals surface area contributed by atoms with Crippen LogP contribution in [0.4, 0.5) is 0 Å². The average Bonchev–Trinajstić information content (AvgIpc) is 2.42. The molecule has 1 nitrogen and oxygen atoms in total. The standard InChI is InChI=1S/C8H14O/c1-6(2)4-5-8-7(3)9-8/h4,7-8H,5H2,1-3H3/t7?,8-/m1/s1. The van der Waals surface area contributed by atoms with E-state index in [4.69, 9.17) is 4.74 Å². The highest BCUT2D eigenvalue weighted by Gasteiger charge is 2.32. The predicted octanol–water partition coefficient (Wildman–Crippen LogP) is 2.13. The van der Waals surface area contributed by atoms with Gasteiger partial charge in [0.15, 0.2) is 0 Å². The van der Waals surface area contributed by atoms with Gasteiger partial charge in [0.05, 0.1) is 12.2 Å². The topological polar surface area (TPSA) is 12.5 Å². The predicted molar refractivity (Wildman–Crippen MR) is 38.4 cm³/mol. The van der Waals surface area contributed by atoms with Gasteiger partial charge in [-0.1, -0.05) is 11.6 Å². The summed E-state index contributed by atoms with van der Waals surface area (Å²) in [6, 6.07) is 0. The summed E-state index contributed by atoms with van der Waals surface area (Å²) in [6.45, 7) is 6.35. The van der Waals surface area contributed by atoms with E-state index in [1.807, 2.05) is 0 Å². The third-order valence-electron chi connectivity index (χ3n) is 1.59. The minimum Gasteiger partial charge on any atom is -0.370 e. The van der Waals surface area contributed by atoms with Crippen LogP contribution in [0.15, 0.2) is 11.6 Å². The highest BCUT2D eigenvalue weighted by molar-refractivity contribution is 4.98. The van der Waals surface area contributed by atoms with Crippen molar-refractivity contribution in [2.45, 2.75) is 39.4 Å². The van der Waals surface area contributed by atoms with Crippen molar-refractivity contribution >= 4 is 0 Å². The number of ether oxygens (including phenoxy) is 1. The minimum absolute atomic E-state index is 0.514. The van der Waals surface area contributed by atoms with E-state index in [0.29, 0.717) is 12.2 Å². The van der Waals surface area contributed by atoms with Gasteiger partial charge in [-0.2, -0.15) is 0 Å². The molecule has 0 spiro atoms. The molecule has 1 saturated heterocycles. The molecule has 0 radical (unpaired) electrons. The molecule has 0 amide bonds. The zero-order chi connectivity index (χ0) is 6.85. The first-order valence-corrected chi connectivity index (χ1v) is 3.49. The summed E-state index contributed by atoms with van der Waals surface area (Å²) in [6.07, 6.45) is 4.37. The Morgan fingerprint density at radius 2 is 2.11 bits per heavy atom. The molecule has 0 N–H and O–H groups in total. The molecule has 0 aromatic carbocycles. The summed E-state index contributed by atoms with van der Waals surface area (Å²) in [5.74, 6) is 0. The molecule has 0 aromatic rings. The van der Waals surface area contributed by atoms with Crippen molar-refractivity contribution in [1.82, 2.24) is 0 Å². The normalized spacial score (nSPS) is 31.9. The van der Waals surface area contributed by atoms with Gasteiger partial charge in [0.1, 0.15) is 0 Å². The largest absolute Gasteiger partial charge is 0.370 e. The van der Waals surface area contributed by atoms with Gasteiger partial charge in [-0.25, -0.2) is 0 Å². The van der Waals surface area contributed by atoms with E-state index in [0.717, 1.165) is 6.42 Å². The van der Waals surface area contributed by atoms with Gasteiger partial charge in [-0.15, -0.1) is 0 Å². The van der Waals surface area contributed by atoms with Gasteiger partial charge in [0.2, 0.25) is 0 Å². The van der Waals surface area contributed by atoms with Crippen LogP contribution in [0, 0.1) is 0 Å². The zero-order valence-electron chi connectivity index (χ0n) is 6.35. The van der Waals surface area contributed by atoms with Crippen LogP contribution in [0.5, 0.6) is 0 Å². The Morgan fingerprint density at radius 1 is 1.56 bits per heavy atom. The molecule has 1 heterocycles. The van der Waals surface area contributed by atoms with E-state index < -0.39 is 0 Å². The monoisotopic (exact) mass is 126 g/mol. The summed E-state index contributed by atoms with van der Waals surface area (Å²) in [7, 11) is 0. The van der Waals surface area contributed by atoms with Crippen LogP contribution < -0.4 is 0 Å². The van der Waals surface area contributed by atoms with Crippen LogP contribution in [0.25, 0.3) is 0 Å². The van der Waals surface area contributed by atoms with Crippen molar-refractivity contribution in [1.29, 1.82) is 0 Å². The Labute approximate surface area is 56.7 Å². The summed E-state index contributed by atoms with van der Waals surface area (Å²) in [5.41, 5.74) is 1.39. The van der Waals surface area contributed by atoms with Crippen LogP contribution in [-0.2, 0) is 4.74 Å². The second-order valence-corrected chi connectivity index (χ2v) is 2.90. The molecular weight excluding hydrogens is 112 g/mol. The van der Waals surface area contributed by atoms with Crippen LogP contribution in [-0.4, -0.2) is 12.2 Å². The third kappa shape index (κ3) is 2.19. The SMILES string of the molecule is CC(C)=CC[C@H]1OC1C. The van der Waals surface area contributed by atoms with Gasteiger partial charge in [0.25, 0.3) is 0 Å². The first kappa shape index (κ1) is 6.81. The molecule has 1 aliphatic heterocycles. The molecule has 52 valence electrons. The smallest absolute Gasteiger partial charge is 0.0873 e. The number of hydrogen-bond donors (Lipinski definition) is 0. The molecule has 0 aromatic heterocycles. The fourth-order valence-corrected chi connectivity index (χ4v) is 0.829. The zero-order valence-corrected chi connectivity index (χ0v) is 6.35. The molecule has 1 unspecified atom stereocenters. The Hall–Kier alpha value is -0.300. The van der Waals surface area contributed by atoms with Gasteiger partial charge >= 0.3 is 0 Å². The lowest BCUT2D eigenvalue weighted by Crippen LogP contribution is -1.85.